The van der Waals surface area contributed by atoms with Gasteiger partial charge in [0.05, 0.1) is 31.3 Å². The standard InChI is InChI=1S/C12H16N2O5/c15-11(13-14-3-5-18-6-4-14)9-7-1-2-8(19-7)10(9)12(16)17/h1-2,7-10H,3-6H2,(H,13,15)(H,16,17)/t7-,8+,9+,10+/m1/s1. The van der Waals surface area contributed by atoms with Crippen molar-refractivity contribution in [2.24, 2.45) is 11.8 Å². The number of morpholine rings is 1. The zero-order valence-corrected chi connectivity index (χ0v) is 10.3. The molecule has 7 nitrogen and oxygen atoms in total. The van der Waals surface area contributed by atoms with Crippen molar-refractivity contribution in [2.45, 2.75) is 12.2 Å². The zero-order chi connectivity index (χ0) is 13.4. The van der Waals surface area contributed by atoms with Crippen LogP contribution in [0.2, 0.25) is 0 Å². The van der Waals surface area contributed by atoms with Crippen molar-refractivity contribution in [1.29, 1.82) is 0 Å². The van der Waals surface area contributed by atoms with Gasteiger partial charge < -0.3 is 14.6 Å². The minimum atomic E-state index is -0.987. The number of nitrogens with zero attached hydrogens (tertiary/aromatic N) is 1. The highest BCUT2D eigenvalue weighted by molar-refractivity contribution is 5.87. The van der Waals surface area contributed by atoms with E-state index in [1.165, 1.54) is 0 Å². The molecule has 2 bridgehead atoms. The number of hydrogen-bond donors (Lipinski definition) is 2. The van der Waals surface area contributed by atoms with Crippen molar-refractivity contribution >= 4 is 11.9 Å². The Balaban J connectivity index is 1.68. The van der Waals surface area contributed by atoms with Gasteiger partial charge in [0.15, 0.2) is 0 Å². The second kappa shape index (κ2) is 4.92. The largest absolute Gasteiger partial charge is 0.481 e. The fourth-order valence-electron chi connectivity index (χ4n) is 2.82. The van der Waals surface area contributed by atoms with Gasteiger partial charge in [-0.05, 0) is 0 Å². The maximum Gasteiger partial charge on any atom is 0.310 e. The minimum absolute atomic E-state index is 0.286. The summed E-state index contributed by atoms with van der Waals surface area (Å²) in [7, 11) is 0. The first kappa shape index (κ1) is 12.6. The van der Waals surface area contributed by atoms with E-state index in [9.17, 15) is 14.7 Å². The summed E-state index contributed by atoms with van der Waals surface area (Å²) in [6.45, 7) is 2.35. The Morgan fingerprint density at radius 1 is 1.16 bits per heavy atom. The molecule has 2 saturated heterocycles. The van der Waals surface area contributed by atoms with E-state index in [-0.39, 0.29) is 5.91 Å². The van der Waals surface area contributed by atoms with Crippen LogP contribution in [0.5, 0.6) is 0 Å². The molecule has 2 N–H and O–H groups in total. The van der Waals surface area contributed by atoms with Gasteiger partial charge in [0.25, 0.3) is 0 Å². The molecule has 3 aliphatic rings. The first-order valence-electron chi connectivity index (χ1n) is 6.36. The third-order valence-corrected chi connectivity index (χ3v) is 3.77. The number of hydrazine groups is 1. The van der Waals surface area contributed by atoms with Gasteiger partial charge in [-0.25, -0.2) is 5.01 Å². The summed E-state index contributed by atoms with van der Waals surface area (Å²) < 4.78 is 10.7. The number of fused-ring (bicyclic) bond motifs is 2. The van der Waals surface area contributed by atoms with E-state index in [0.717, 1.165) is 0 Å². The molecule has 3 aliphatic heterocycles. The number of aliphatic carboxylic acids is 1. The van der Waals surface area contributed by atoms with E-state index >= 15 is 0 Å². The Hall–Kier alpha value is -1.44. The number of amides is 1. The van der Waals surface area contributed by atoms with Crippen LogP contribution in [0.15, 0.2) is 12.2 Å². The SMILES string of the molecule is O=C(O)[C@@H]1[C@@H](C(=O)NN2CCOCC2)[C@H]2C=C[C@@H]1O2. The second-order valence-corrected chi connectivity index (χ2v) is 4.92. The monoisotopic (exact) mass is 268 g/mol. The fourth-order valence-corrected chi connectivity index (χ4v) is 2.82. The van der Waals surface area contributed by atoms with Gasteiger partial charge in [-0.1, -0.05) is 12.2 Å². The maximum atomic E-state index is 12.2. The molecule has 104 valence electrons. The highest BCUT2D eigenvalue weighted by Crippen LogP contribution is 2.39. The number of rotatable bonds is 3. The Morgan fingerprint density at radius 3 is 2.42 bits per heavy atom. The van der Waals surface area contributed by atoms with Gasteiger partial charge in [0.2, 0.25) is 5.91 Å². The number of hydrogen-bond acceptors (Lipinski definition) is 5. The highest BCUT2D eigenvalue weighted by Gasteiger charge is 2.53. The Morgan fingerprint density at radius 2 is 1.79 bits per heavy atom. The van der Waals surface area contributed by atoms with E-state index in [1.54, 1.807) is 17.2 Å². The number of carbonyl (C=O) groups is 2. The van der Waals surface area contributed by atoms with Crippen LogP contribution in [-0.2, 0) is 19.1 Å². The van der Waals surface area contributed by atoms with E-state index in [4.69, 9.17) is 9.47 Å². The van der Waals surface area contributed by atoms with Crippen LogP contribution in [0, 0.1) is 11.8 Å². The van der Waals surface area contributed by atoms with Crippen molar-refractivity contribution in [3.05, 3.63) is 12.2 Å². The molecular formula is C12H16N2O5. The topological polar surface area (TPSA) is 88.1 Å². The summed E-state index contributed by atoms with van der Waals surface area (Å²) in [6, 6.07) is 0. The zero-order valence-electron chi connectivity index (χ0n) is 10.3. The summed E-state index contributed by atoms with van der Waals surface area (Å²) >= 11 is 0. The van der Waals surface area contributed by atoms with Crippen molar-refractivity contribution in [3.63, 3.8) is 0 Å². The maximum absolute atomic E-state index is 12.2. The lowest BCUT2D eigenvalue weighted by molar-refractivity contribution is -0.148. The third kappa shape index (κ3) is 2.24. The lowest BCUT2D eigenvalue weighted by atomic mass is 9.82. The lowest BCUT2D eigenvalue weighted by Crippen LogP contribution is -2.53. The predicted octanol–water partition coefficient (Wildman–Crippen LogP) is -0.996. The molecule has 2 fully saturated rings. The van der Waals surface area contributed by atoms with Gasteiger partial charge in [0, 0.05) is 13.1 Å². The summed E-state index contributed by atoms with van der Waals surface area (Å²) in [4.78, 5) is 23.5. The number of ether oxygens (including phenoxy) is 2. The molecule has 0 radical (unpaired) electrons. The first-order valence-corrected chi connectivity index (χ1v) is 6.36. The normalized spacial score (nSPS) is 37.5. The summed E-state index contributed by atoms with van der Waals surface area (Å²) in [5.74, 6) is -2.73. The van der Waals surface area contributed by atoms with Crippen molar-refractivity contribution in [3.8, 4) is 0 Å². The number of nitrogens with one attached hydrogen (secondary N) is 1. The van der Waals surface area contributed by atoms with Gasteiger partial charge in [0.1, 0.15) is 5.92 Å². The van der Waals surface area contributed by atoms with E-state index in [2.05, 4.69) is 5.43 Å². The summed E-state index contributed by atoms with van der Waals surface area (Å²) in [5.41, 5.74) is 2.77. The Labute approximate surface area is 110 Å². The predicted molar refractivity (Wildman–Crippen MR) is 63.0 cm³/mol. The number of carboxylic acids is 1. The van der Waals surface area contributed by atoms with E-state index in [1.807, 2.05) is 0 Å². The van der Waals surface area contributed by atoms with Crippen LogP contribution < -0.4 is 5.43 Å². The van der Waals surface area contributed by atoms with Gasteiger partial charge in [-0.3, -0.25) is 15.0 Å². The van der Waals surface area contributed by atoms with Crippen molar-refractivity contribution < 1.29 is 24.2 Å². The average molecular weight is 268 g/mol. The van der Waals surface area contributed by atoms with E-state index < -0.39 is 30.0 Å². The quantitative estimate of drug-likeness (QED) is 0.639. The highest BCUT2D eigenvalue weighted by atomic mass is 16.5. The van der Waals surface area contributed by atoms with Crippen LogP contribution >= 0.6 is 0 Å². The summed E-state index contributed by atoms with van der Waals surface area (Å²) in [5, 5.41) is 11.0. The molecule has 0 unspecified atom stereocenters. The van der Waals surface area contributed by atoms with Gasteiger partial charge >= 0.3 is 5.97 Å². The molecule has 19 heavy (non-hydrogen) atoms. The molecule has 0 spiro atoms. The Kier molecular flexibility index (Phi) is 3.26. The van der Waals surface area contributed by atoms with E-state index in [0.29, 0.717) is 26.3 Å². The number of carboxylic acid groups (broad SMARTS) is 1. The molecule has 3 heterocycles. The van der Waals surface area contributed by atoms with Crippen LogP contribution in [0.25, 0.3) is 0 Å². The van der Waals surface area contributed by atoms with Crippen molar-refractivity contribution in [1.82, 2.24) is 10.4 Å². The van der Waals surface area contributed by atoms with Gasteiger partial charge in [-0.2, -0.15) is 0 Å². The number of carbonyl (C=O) groups excluding carboxylic acids is 1. The molecule has 0 aliphatic carbocycles. The molecular weight excluding hydrogens is 252 g/mol. The first-order chi connectivity index (χ1) is 9.16. The molecule has 7 heteroatoms. The molecule has 3 rings (SSSR count). The smallest absolute Gasteiger partial charge is 0.310 e. The minimum Gasteiger partial charge on any atom is -0.481 e. The Bertz CT molecular complexity index is 418. The summed E-state index contributed by atoms with van der Waals surface area (Å²) in [6.07, 6.45) is 2.59. The molecule has 0 aromatic rings. The molecule has 0 aromatic heterocycles. The molecule has 0 aromatic carbocycles. The third-order valence-electron chi connectivity index (χ3n) is 3.77. The fraction of sp³-hybridized carbons (Fsp3) is 0.667. The van der Waals surface area contributed by atoms with Crippen LogP contribution in [0.1, 0.15) is 0 Å². The van der Waals surface area contributed by atoms with Crippen LogP contribution in [0.3, 0.4) is 0 Å². The van der Waals surface area contributed by atoms with Crippen LogP contribution in [0.4, 0.5) is 0 Å². The van der Waals surface area contributed by atoms with Crippen LogP contribution in [-0.4, -0.2) is 60.5 Å². The molecule has 1 amide bonds. The van der Waals surface area contributed by atoms with Crippen molar-refractivity contribution in [2.75, 3.05) is 26.3 Å². The molecule has 4 atom stereocenters. The lowest BCUT2D eigenvalue weighted by Gasteiger charge is -2.29. The van der Waals surface area contributed by atoms with Gasteiger partial charge in [-0.15, -0.1) is 0 Å². The average Bonchev–Trinajstić information content (AvgIpc) is 2.99. The second-order valence-electron chi connectivity index (χ2n) is 4.92. The molecule has 0 saturated carbocycles.